The standard InChI is InChI=1S/C27H25N5O4S/c1-33-20-11-23(35-16-18-7-9-31(10-8-18)19-5-3-17(14-28)4-6-19)21-13-25(36-24(21)12-20)22-15-32-26(29-22)37-27(30-32)34-2/h3-6,11-13,15,18H,7-10,16H2,1-2H3. The average molecular weight is 516 g/mol. The van der Waals surface area contributed by atoms with E-state index >= 15 is 0 Å². The van der Waals surface area contributed by atoms with Crippen molar-refractivity contribution in [2.24, 2.45) is 5.92 Å². The molecule has 0 atom stereocenters. The van der Waals surface area contributed by atoms with Crippen LogP contribution in [0.1, 0.15) is 18.4 Å². The molecular weight excluding hydrogens is 490 g/mol. The average Bonchev–Trinajstić information content (AvgIpc) is 3.65. The zero-order valence-corrected chi connectivity index (χ0v) is 21.3. The number of benzene rings is 2. The number of methoxy groups -OCH3 is 2. The SMILES string of the molecule is COc1cc(OCC2CCN(c3ccc(C#N)cc3)CC2)c2cc(-c3cn4nc(OC)sc4n3)oc2c1. The Morgan fingerprint density at radius 1 is 1.11 bits per heavy atom. The Hall–Kier alpha value is -4.23. The zero-order chi connectivity index (χ0) is 25.4. The lowest BCUT2D eigenvalue weighted by molar-refractivity contribution is 0.224. The smallest absolute Gasteiger partial charge is 0.294 e. The molecule has 4 heterocycles. The molecule has 2 aromatic carbocycles. The highest BCUT2D eigenvalue weighted by molar-refractivity contribution is 7.18. The summed E-state index contributed by atoms with van der Waals surface area (Å²) in [5.74, 6) is 2.50. The van der Waals surface area contributed by atoms with E-state index in [-0.39, 0.29) is 0 Å². The first-order valence-corrected chi connectivity index (χ1v) is 12.8. The molecule has 0 radical (unpaired) electrons. The van der Waals surface area contributed by atoms with Crippen molar-refractivity contribution in [1.29, 1.82) is 5.26 Å². The van der Waals surface area contributed by atoms with Crippen molar-refractivity contribution in [3.05, 3.63) is 54.2 Å². The van der Waals surface area contributed by atoms with Gasteiger partial charge in [-0.25, -0.2) is 9.50 Å². The lowest BCUT2D eigenvalue weighted by Gasteiger charge is -2.33. The van der Waals surface area contributed by atoms with Gasteiger partial charge in [-0.2, -0.15) is 5.26 Å². The maximum absolute atomic E-state index is 9.02. The van der Waals surface area contributed by atoms with Crippen LogP contribution in [0.3, 0.4) is 0 Å². The zero-order valence-electron chi connectivity index (χ0n) is 20.5. The van der Waals surface area contributed by atoms with E-state index < -0.39 is 0 Å². The van der Waals surface area contributed by atoms with Crippen molar-refractivity contribution in [1.82, 2.24) is 14.6 Å². The summed E-state index contributed by atoms with van der Waals surface area (Å²) in [7, 11) is 3.22. The van der Waals surface area contributed by atoms with Gasteiger partial charge in [0.2, 0.25) is 4.96 Å². The van der Waals surface area contributed by atoms with E-state index in [2.05, 4.69) is 21.1 Å². The number of ether oxygens (including phenoxy) is 3. The first-order chi connectivity index (χ1) is 18.1. The van der Waals surface area contributed by atoms with E-state index in [4.69, 9.17) is 23.9 Å². The molecule has 0 N–H and O–H groups in total. The van der Waals surface area contributed by atoms with Crippen LogP contribution in [0.2, 0.25) is 0 Å². The second-order valence-electron chi connectivity index (χ2n) is 8.97. The molecule has 188 valence electrons. The van der Waals surface area contributed by atoms with Gasteiger partial charge in [0.05, 0.1) is 44.0 Å². The predicted octanol–water partition coefficient (Wildman–Crippen LogP) is 5.39. The molecule has 0 aliphatic carbocycles. The summed E-state index contributed by atoms with van der Waals surface area (Å²) in [6.45, 7) is 2.53. The Morgan fingerprint density at radius 3 is 2.62 bits per heavy atom. The molecule has 1 fully saturated rings. The molecule has 5 aromatic rings. The van der Waals surface area contributed by atoms with Crippen molar-refractivity contribution in [3.8, 4) is 34.2 Å². The van der Waals surface area contributed by atoms with Crippen LogP contribution in [0.5, 0.6) is 16.7 Å². The molecule has 37 heavy (non-hydrogen) atoms. The second-order valence-corrected chi connectivity index (χ2v) is 9.89. The quantitative estimate of drug-likeness (QED) is 0.285. The third kappa shape index (κ3) is 4.54. The van der Waals surface area contributed by atoms with E-state index in [9.17, 15) is 0 Å². The number of nitrogens with zero attached hydrogens (tertiary/aromatic N) is 5. The fraction of sp³-hybridized carbons (Fsp3) is 0.296. The van der Waals surface area contributed by atoms with Crippen LogP contribution in [-0.4, -0.2) is 48.5 Å². The van der Waals surface area contributed by atoms with Gasteiger partial charge >= 0.3 is 0 Å². The summed E-state index contributed by atoms with van der Waals surface area (Å²) in [5.41, 5.74) is 3.22. The summed E-state index contributed by atoms with van der Waals surface area (Å²) < 4.78 is 24.9. The third-order valence-corrected chi connectivity index (χ3v) is 7.59. The van der Waals surface area contributed by atoms with Crippen molar-refractivity contribution in [2.45, 2.75) is 12.8 Å². The molecule has 1 aliphatic rings. The maximum Gasteiger partial charge on any atom is 0.294 e. The first kappa shape index (κ1) is 23.2. The van der Waals surface area contributed by atoms with Crippen molar-refractivity contribution >= 4 is 33.0 Å². The van der Waals surface area contributed by atoms with Crippen LogP contribution in [0, 0.1) is 17.2 Å². The topological polar surface area (TPSA) is 98.1 Å². The third-order valence-electron chi connectivity index (χ3n) is 6.71. The van der Waals surface area contributed by atoms with Gasteiger partial charge in [0, 0.05) is 30.9 Å². The van der Waals surface area contributed by atoms with Gasteiger partial charge in [0.1, 0.15) is 22.8 Å². The van der Waals surface area contributed by atoms with Gasteiger partial charge in [0.15, 0.2) is 5.76 Å². The van der Waals surface area contributed by atoms with Gasteiger partial charge in [-0.3, -0.25) is 0 Å². The minimum Gasteiger partial charge on any atom is -0.496 e. The molecule has 9 nitrogen and oxygen atoms in total. The summed E-state index contributed by atoms with van der Waals surface area (Å²) >= 11 is 1.37. The predicted molar refractivity (Wildman–Crippen MR) is 141 cm³/mol. The normalized spacial score (nSPS) is 14.2. The number of hydrogen-bond acceptors (Lipinski definition) is 9. The van der Waals surface area contributed by atoms with E-state index in [1.165, 1.54) is 11.3 Å². The monoisotopic (exact) mass is 515 g/mol. The van der Waals surface area contributed by atoms with Gasteiger partial charge in [-0.05, 0) is 60.4 Å². The molecular formula is C27H25N5O4S. The maximum atomic E-state index is 9.02. The summed E-state index contributed by atoms with van der Waals surface area (Å²) in [6.07, 6.45) is 3.89. The molecule has 1 saturated heterocycles. The van der Waals surface area contributed by atoms with Crippen LogP contribution in [0.25, 0.3) is 27.4 Å². The molecule has 0 spiro atoms. The molecule has 10 heteroatoms. The second kappa shape index (κ2) is 9.67. The number of furan rings is 1. The molecule has 3 aromatic heterocycles. The summed E-state index contributed by atoms with van der Waals surface area (Å²) in [4.78, 5) is 7.73. The Bertz CT molecular complexity index is 1560. The van der Waals surface area contributed by atoms with E-state index in [0.29, 0.717) is 46.1 Å². The number of hydrogen-bond donors (Lipinski definition) is 0. The van der Waals surface area contributed by atoms with E-state index in [1.807, 2.05) is 48.7 Å². The van der Waals surface area contributed by atoms with Crippen LogP contribution < -0.4 is 19.1 Å². The fourth-order valence-electron chi connectivity index (χ4n) is 4.64. The summed E-state index contributed by atoms with van der Waals surface area (Å²) in [6, 6.07) is 15.7. The molecule has 0 unspecified atom stereocenters. The molecule has 0 saturated carbocycles. The molecule has 6 rings (SSSR count). The van der Waals surface area contributed by atoms with Gasteiger partial charge < -0.3 is 23.5 Å². The number of imidazole rings is 1. The highest BCUT2D eigenvalue weighted by atomic mass is 32.1. The van der Waals surface area contributed by atoms with Crippen molar-refractivity contribution < 1.29 is 18.6 Å². The lowest BCUT2D eigenvalue weighted by Crippen LogP contribution is -2.35. The van der Waals surface area contributed by atoms with Crippen LogP contribution in [0.15, 0.2) is 53.1 Å². The largest absolute Gasteiger partial charge is 0.496 e. The Labute approximate surface area is 217 Å². The van der Waals surface area contributed by atoms with Crippen LogP contribution >= 0.6 is 11.3 Å². The minimum atomic E-state index is 0.447. The van der Waals surface area contributed by atoms with E-state index in [0.717, 1.165) is 47.7 Å². The highest BCUT2D eigenvalue weighted by Crippen LogP contribution is 2.38. The Morgan fingerprint density at radius 2 is 1.92 bits per heavy atom. The number of nitriles is 1. The number of aromatic nitrogens is 3. The van der Waals surface area contributed by atoms with Gasteiger partial charge in [-0.15, -0.1) is 5.10 Å². The van der Waals surface area contributed by atoms with Crippen molar-refractivity contribution in [2.75, 3.05) is 38.8 Å². The number of fused-ring (bicyclic) bond motifs is 2. The number of piperidine rings is 1. The minimum absolute atomic E-state index is 0.447. The van der Waals surface area contributed by atoms with Crippen LogP contribution in [0.4, 0.5) is 5.69 Å². The number of rotatable bonds is 7. The van der Waals surface area contributed by atoms with Gasteiger partial charge in [0.25, 0.3) is 5.19 Å². The molecule has 1 aliphatic heterocycles. The molecule has 0 bridgehead atoms. The van der Waals surface area contributed by atoms with Gasteiger partial charge in [-0.1, -0.05) is 0 Å². The van der Waals surface area contributed by atoms with Crippen LogP contribution in [-0.2, 0) is 0 Å². The Kier molecular flexibility index (Phi) is 6.06. The van der Waals surface area contributed by atoms with Crippen molar-refractivity contribution in [3.63, 3.8) is 0 Å². The Balaban J connectivity index is 1.17. The fourth-order valence-corrected chi connectivity index (χ4v) is 5.34. The highest BCUT2D eigenvalue weighted by Gasteiger charge is 2.22. The molecule has 0 amide bonds. The number of anilines is 1. The van der Waals surface area contributed by atoms with E-state index in [1.54, 1.807) is 18.7 Å². The lowest BCUT2D eigenvalue weighted by atomic mass is 9.97. The summed E-state index contributed by atoms with van der Waals surface area (Å²) in [5, 5.41) is 14.8. The first-order valence-electron chi connectivity index (χ1n) is 12.0.